The maximum Gasteiger partial charge on any atom is 0.293 e. The van der Waals surface area contributed by atoms with E-state index in [9.17, 15) is 9.90 Å². The van der Waals surface area contributed by atoms with Crippen LogP contribution in [0.3, 0.4) is 0 Å². The summed E-state index contributed by atoms with van der Waals surface area (Å²) in [5, 5.41) is 14.1. The van der Waals surface area contributed by atoms with Gasteiger partial charge in [-0.15, -0.1) is 11.3 Å². The van der Waals surface area contributed by atoms with Gasteiger partial charge in [-0.05, 0) is 26.0 Å². The number of nitrogens with one attached hydrogen (secondary N) is 1. The van der Waals surface area contributed by atoms with E-state index in [1.54, 1.807) is 31.4 Å². The Balaban J connectivity index is 2.07. The Kier molecular flexibility index (Phi) is 3.26. The minimum atomic E-state index is -0.636. The van der Waals surface area contributed by atoms with Crippen molar-refractivity contribution >= 4 is 22.4 Å². The molecule has 2 rings (SSSR count). The Labute approximate surface area is 102 Å². The molecule has 0 radical (unpaired) electrons. The van der Waals surface area contributed by atoms with Crippen LogP contribution >= 0.6 is 11.3 Å². The van der Waals surface area contributed by atoms with Gasteiger partial charge in [-0.3, -0.25) is 10.1 Å². The molecule has 6 heteroatoms. The van der Waals surface area contributed by atoms with E-state index in [-0.39, 0.29) is 11.7 Å². The number of nitrogens with zero attached hydrogens (tertiary/aromatic N) is 1. The van der Waals surface area contributed by atoms with Crippen molar-refractivity contribution in [3.05, 3.63) is 34.7 Å². The number of aliphatic hydroxyl groups is 1. The first-order valence-corrected chi connectivity index (χ1v) is 5.95. The molecule has 0 aliphatic rings. The molecular formula is C11H12N2O3S. The number of aromatic nitrogens is 1. The number of aliphatic hydroxyl groups excluding tert-OH is 1. The third kappa shape index (κ3) is 2.72. The standard InChI is InChI=1S/C11H12N2O3S/c1-6-3-4-9(16-6)10(15)13-11-12-8(5-17-11)7(2)14/h3-5,7,14H,1-2H3,(H,12,13,15). The van der Waals surface area contributed by atoms with Crippen molar-refractivity contribution in [2.24, 2.45) is 0 Å². The van der Waals surface area contributed by atoms with Gasteiger partial charge in [0, 0.05) is 5.38 Å². The normalized spacial score (nSPS) is 12.4. The van der Waals surface area contributed by atoms with Crippen LogP contribution in [0.1, 0.15) is 35.0 Å². The zero-order chi connectivity index (χ0) is 12.4. The van der Waals surface area contributed by atoms with E-state index in [2.05, 4.69) is 10.3 Å². The highest BCUT2D eigenvalue weighted by Gasteiger charge is 2.13. The van der Waals surface area contributed by atoms with Gasteiger partial charge in [0.1, 0.15) is 5.76 Å². The molecule has 17 heavy (non-hydrogen) atoms. The molecule has 0 saturated carbocycles. The van der Waals surface area contributed by atoms with E-state index in [0.717, 1.165) is 0 Å². The van der Waals surface area contributed by atoms with E-state index in [1.807, 2.05) is 0 Å². The Hall–Kier alpha value is -1.66. The summed E-state index contributed by atoms with van der Waals surface area (Å²) in [7, 11) is 0. The van der Waals surface area contributed by atoms with E-state index in [0.29, 0.717) is 16.6 Å². The Morgan fingerprint density at radius 3 is 2.88 bits per heavy atom. The molecule has 1 unspecified atom stereocenters. The number of rotatable bonds is 3. The van der Waals surface area contributed by atoms with Crippen molar-refractivity contribution in [3.63, 3.8) is 0 Å². The molecule has 0 aromatic carbocycles. The second kappa shape index (κ2) is 4.68. The molecule has 2 heterocycles. The summed E-state index contributed by atoms with van der Waals surface area (Å²) < 4.78 is 5.19. The largest absolute Gasteiger partial charge is 0.456 e. The van der Waals surface area contributed by atoms with E-state index in [1.165, 1.54) is 11.3 Å². The Morgan fingerprint density at radius 1 is 1.59 bits per heavy atom. The van der Waals surface area contributed by atoms with Crippen LogP contribution in [0.4, 0.5) is 5.13 Å². The molecule has 0 aliphatic carbocycles. The monoisotopic (exact) mass is 252 g/mol. The zero-order valence-corrected chi connectivity index (χ0v) is 10.2. The van der Waals surface area contributed by atoms with Gasteiger partial charge in [0.05, 0.1) is 11.8 Å². The van der Waals surface area contributed by atoms with Gasteiger partial charge < -0.3 is 9.52 Å². The molecule has 2 N–H and O–H groups in total. The SMILES string of the molecule is Cc1ccc(C(=O)Nc2nc(C(C)O)cs2)o1. The molecule has 1 atom stereocenters. The average molecular weight is 252 g/mol. The summed E-state index contributed by atoms with van der Waals surface area (Å²) in [6.45, 7) is 3.39. The topological polar surface area (TPSA) is 75.4 Å². The third-order valence-corrected chi connectivity index (χ3v) is 2.91. The van der Waals surface area contributed by atoms with Gasteiger partial charge in [-0.25, -0.2) is 4.98 Å². The maximum absolute atomic E-state index is 11.7. The van der Waals surface area contributed by atoms with Gasteiger partial charge in [-0.2, -0.15) is 0 Å². The van der Waals surface area contributed by atoms with Crippen molar-refractivity contribution in [3.8, 4) is 0 Å². The number of amides is 1. The van der Waals surface area contributed by atoms with E-state index < -0.39 is 6.10 Å². The second-order valence-electron chi connectivity index (χ2n) is 3.62. The molecule has 0 aliphatic heterocycles. The van der Waals surface area contributed by atoms with Crippen molar-refractivity contribution < 1.29 is 14.3 Å². The van der Waals surface area contributed by atoms with Crippen molar-refractivity contribution in [1.82, 2.24) is 4.98 Å². The summed E-state index contributed by atoms with van der Waals surface area (Å²) in [6.07, 6.45) is -0.636. The zero-order valence-electron chi connectivity index (χ0n) is 9.43. The van der Waals surface area contributed by atoms with Crippen LogP contribution in [-0.4, -0.2) is 16.0 Å². The minimum Gasteiger partial charge on any atom is -0.456 e. The second-order valence-corrected chi connectivity index (χ2v) is 4.48. The first kappa shape index (κ1) is 11.8. The van der Waals surface area contributed by atoms with Crippen LogP contribution < -0.4 is 5.32 Å². The lowest BCUT2D eigenvalue weighted by molar-refractivity contribution is 0.0995. The molecule has 5 nitrogen and oxygen atoms in total. The summed E-state index contributed by atoms with van der Waals surface area (Å²) >= 11 is 1.26. The van der Waals surface area contributed by atoms with Crippen LogP contribution in [0, 0.1) is 6.92 Å². The molecule has 0 saturated heterocycles. The fourth-order valence-electron chi connectivity index (χ4n) is 1.25. The van der Waals surface area contributed by atoms with Gasteiger partial charge >= 0.3 is 0 Å². The molecule has 2 aromatic rings. The maximum atomic E-state index is 11.7. The Bertz CT molecular complexity index is 530. The minimum absolute atomic E-state index is 0.247. The number of anilines is 1. The van der Waals surface area contributed by atoms with Gasteiger partial charge in [0.15, 0.2) is 10.9 Å². The number of carbonyl (C=O) groups is 1. The van der Waals surface area contributed by atoms with Gasteiger partial charge in [0.25, 0.3) is 5.91 Å². The molecule has 90 valence electrons. The molecule has 1 amide bonds. The van der Waals surface area contributed by atoms with Gasteiger partial charge in [0.2, 0.25) is 0 Å². The Morgan fingerprint density at radius 2 is 2.35 bits per heavy atom. The highest BCUT2D eigenvalue weighted by Crippen LogP contribution is 2.21. The first-order valence-electron chi connectivity index (χ1n) is 5.07. The fourth-order valence-corrected chi connectivity index (χ4v) is 2.04. The highest BCUT2D eigenvalue weighted by molar-refractivity contribution is 7.14. The summed E-state index contributed by atoms with van der Waals surface area (Å²) in [4.78, 5) is 15.8. The number of furan rings is 1. The molecule has 0 bridgehead atoms. The molecule has 2 aromatic heterocycles. The quantitative estimate of drug-likeness (QED) is 0.879. The fraction of sp³-hybridized carbons (Fsp3) is 0.273. The predicted octanol–water partition coefficient (Wildman–Crippen LogP) is 2.35. The third-order valence-electron chi connectivity index (χ3n) is 2.13. The smallest absolute Gasteiger partial charge is 0.293 e. The summed E-state index contributed by atoms with van der Waals surface area (Å²) in [5.74, 6) is 0.583. The van der Waals surface area contributed by atoms with Crippen LogP contribution in [0.25, 0.3) is 0 Å². The molecular weight excluding hydrogens is 240 g/mol. The lowest BCUT2D eigenvalue weighted by Gasteiger charge is -1.98. The van der Waals surface area contributed by atoms with Crippen LogP contribution in [0.2, 0.25) is 0 Å². The molecule has 0 spiro atoms. The first-order chi connectivity index (χ1) is 8.06. The number of carbonyl (C=O) groups excluding carboxylic acids is 1. The number of hydrogen-bond donors (Lipinski definition) is 2. The van der Waals surface area contributed by atoms with Crippen LogP contribution in [-0.2, 0) is 0 Å². The van der Waals surface area contributed by atoms with Gasteiger partial charge in [-0.1, -0.05) is 0 Å². The van der Waals surface area contributed by atoms with Crippen LogP contribution in [0.15, 0.2) is 21.9 Å². The lowest BCUT2D eigenvalue weighted by atomic mass is 10.3. The number of hydrogen-bond acceptors (Lipinski definition) is 5. The van der Waals surface area contributed by atoms with Crippen molar-refractivity contribution in [2.75, 3.05) is 5.32 Å². The predicted molar refractivity (Wildman–Crippen MR) is 64.1 cm³/mol. The number of aryl methyl sites for hydroxylation is 1. The van der Waals surface area contributed by atoms with Crippen molar-refractivity contribution in [2.45, 2.75) is 20.0 Å². The average Bonchev–Trinajstić information content (AvgIpc) is 2.86. The van der Waals surface area contributed by atoms with E-state index in [4.69, 9.17) is 4.42 Å². The molecule has 0 fully saturated rings. The van der Waals surface area contributed by atoms with Crippen molar-refractivity contribution in [1.29, 1.82) is 0 Å². The highest BCUT2D eigenvalue weighted by atomic mass is 32.1. The van der Waals surface area contributed by atoms with E-state index >= 15 is 0 Å². The summed E-state index contributed by atoms with van der Waals surface area (Å²) in [5.41, 5.74) is 0.543. The summed E-state index contributed by atoms with van der Waals surface area (Å²) in [6, 6.07) is 3.33. The lowest BCUT2D eigenvalue weighted by Crippen LogP contribution is -2.10. The number of thiazole rings is 1. The van der Waals surface area contributed by atoms with Crippen LogP contribution in [0.5, 0.6) is 0 Å².